The Morgan fingerprint density at radius 3 is 2.42 bits per heavy atom. The van der Waals surface area contributed by atoms with E-state index < -0.39 is 0 Å². The van der Waals surface area contributed by atoms with Crippen molar-refractivity contribution in [3.63, 3.8) is 0 Å². The number of hydrogen-bond acceptors (Lipinski definition) is 6. The van der Waals surface area contributed by atoms with Crippen molar-refractivity contribution in [3.8, 4) is 0 Å². The molecule has 2 heterocycles. The van der Waals surface area contributed by atoms with E-state index in [1.54, 1.807) is 6.20 Å². The van der Waals surface area contributed by atoms with Gasteiger partial charge in [-0.25, -0.2) is 9.97 Å². The third kappa shape index (κ3) is 4.47. The first-order valence-electron chi connectivity index (χ1n) is 12.3. The van der Waals surface area contributed by atoms with Gasteiger partial charge in [-0.3, -0.25) is 9.69 Å². The van der Waals surface area contributed by atoms with Gasteiger partial charge in [0.15, 0.2) is 5.58 Å². The Morgan fingerprint density at radius 2 is 1.66 bits per heavy atom. The van der Waals surface area contributed by atoms with Crippen molar-refractivity contribution < 1.29 is 9.21 Å². The minimum atomic E-state index is -0.159. The van der Waals surface area contributed by atoms with Crippen molar-refractivity contribution in [1.82, 2.24) is 15.3 Å². The highest BCUT2D eigenvalue weighted by Gasteiger charge is 2.20. The molecular weight excluding hydrogens is 474 g/mol. The van der Waals surface area contributed by atoms with Crippen molar-refractivity contribution in [1.29, 1.82) is 0 Å². The SMILES string of the molecule is CNCc1ccc(C(=O)Nc2ccc(N(c3ccncn3)c3cccc4c3oc3ccccc34)cc2)cc1. The highest BCUT2D eigenvalue weighted by atomic mass is 16.3. The van der Waals surface area contributed by atoms with E-state index in [2.05, 4.69) is 32.7 Å². The normalized spacial score (nSPS) is 11.1. The summed E-state index contributed by atoms with van der Waals surface area (Å²) in [6.07, 6.45) is 3.24. The van der Waals surface area contributed by atoms with Gasteiger partial charge in [-0.2, -0.15) is 0 Å². The van der Waals surface area contributed by atoms with Gasteiger partial charge in [-0.05, 0) is 67.2 Å². The van der Waals surface area contributed by atoms with E-state index in [0.717, 1.165) is 45.4 Å². The van der Waals surface area contributed by atoms with Crippen molar-refractivity contribution in [3.05, 3.63) is 121 Å². The minimum Gasteiger partial charge on any atom is -0.454 e. The van der Waals surface area contributed by atoms with Crippen molar-refractivity contribution in [2.24, 2.45) is 0 Å². The summed E-state index contributed by atoms with van der Waals surface area (Å²) < 4.78 is 6.31. The molecule has 0 aliphatic heterocycles. The maximum Gasteiger partial charge on any atom is 0.255 e. The summed E-state index contributed by atoms with van der Waals surface area (Å²) in [5, 5.41) is 8.18. The van der Waals surface area contributed by atoms with E-state index in [-0.39, 0.29) is 5.91 Å². The molecule has 2 N–H and O–H groups in total. The second kappa shape index (κ2) is 10.2. The van der Waals surface area contributed by atoms with E-state index in [4.69, 9.17) is 4.42 Å². The average Bonchev–Trinajstić information content (AvgIpc) is 3.35. The van der Waals surface area contributed by atoms with Crippen LogP contribution in [0.5, 0.6) is 0 Å². The Kier molecular flexibility index (Phi) is 6.25. The Labute approximate surface area is 219 Å². The lowest BCUT2D eigenvalue weighted by molar-refractivity contribution is 0.102. The molecule has 0 bridgehead atoms. The number of amides is 1. The third-order valence-electron chi connectivity index (χ3n) is 6.40. The molecule has 1 amide bonds. The van der Waals surface area contributed by atoms with E-state index in [1.807, 2.05) is 96.9 Å². The molecule has 2 aromatic heterocycles. The van der Waals surface area contributed by atoms with Gasteiger partial charge in [0.05, 0.1) is 5.69 Å². The lowest BCUT2D eigenvalue weighted by Crippen LogP contribution is -2.14. The zero-order chi connectivity index (χ0) is 25.9. The van der Waals surface area contributed by atoms with Crippen LogP contribution in [0.4, 0.5) is 22.9 Å². The van der Waals surface area contributed by atoms with Gasteiger partial charge in [-0.15, -0.1) is 0 Å². The van der Waals surface area contributed by atoms with Gasteiger partial charge >= 0.3 is 0 Å². The van der Waals surface area contributed by atoms with Gasteiger partial charge in [0.1, 0.15) is 17.7 Å². The molecule has 0 unspecified atom stereocenters. The number of para-hydroxylation sites is 2. The standard InChI is InChI=1S/C31H25N5O2/c1-32-19-21-9-11-22(12-10-21)31(37)35-23-13-15-24(16-14-23)36(29-17-18-33-20-34-29)27-7-4-6-26-25-5-2-3-8-28(25)38-30(26)27/h2-18,20,32H,19H2,1H3,(H,35,37). The molecule has 0 spiro atoms. The number of fused-ring (bicyclic) bond motifs is 3. The number of hydrogen-bond donors (Lipinski definition) is 2. The van der Waals surface area contributed by atoms with Gasteiger partial charge in [-0.1, -0.05) is 42.5 Å². The Hall–Kier alpha value is -5.01. The summed E-state index contributed by atoms with van der Waals surface area (Å²) >= 11 is 0. The maximum atomic E-state index is 12.8. The fraction of sp³-hybridized carbons (Fsp3) is 0.0645. The monoisotopic (exact) mass is 499 g/mol. The van der Waals surface area contributed by atoms with E-state index in [0.29, 0.717) is 17.1 Å². The number of aromatic nitrogens is 2. The first-order valence-corrected chi connectivity index (χ1v) is 12.3. The quantitative estimate of drug-likeness (QED) is 0.251. The summed E-state index contributed by atoms with van der Waals surface area (Å²) in [6.45, 7) is 0.758. The van der Waals surface area contributed by atoms with E-state index in [9.17, 15) is 4.79 Å². The predicted molar refractivity (Wildman–Crippen MR) is 151 cm³/mol. The van der Waals surface area contributed by atoms with Crippen LogP contribution >= 0.6 is 0 Å². The maximum absolute atomic E-state index is 12.8. The number of carbonyl (C=O) groups is 1. The van der Waals surface area contributed by atoms with Gasteiger partial charge in [0, 0.05) is 40.5 Å². The second-order valence-corrected chi connectivity index (χ2v) is 8.88. The molecule has 6 rings (SSSR count). The van der Waals surface area contributed by atoms with Crippen LogP contribution in [-0.2, 0) is 6.54 Å². The number of nitrogens with zero attached hydrogens (tertiary/aromatic N) is 3. The van der Waals surface area contributed by atoms with Gasteiger partial charge in [0.25, 0.3) is 5.91 Å². The number of nitrogens with one attached hydrogen (secondary N) is 2. The zero-order valence-corrected chi connectivity index (χ0v) is 20.8. The van der Waals surface area contributed by atoms with Gasteiger partial charge in [0.2, 0.25) is 0 Å². The Bertz CT molecular complexity index is 1710. The molecule has 0 fully saturated rings. The van der Waals surface area contributed by atoms with E-state index in [1.165, 1.54) is 6.33 Å². The lowest BCUT2D eigenvalue weighted by Gasteiger charge is -2.24. The highest BCUT2D eigenvalue weighted by molar-refractivity contribution is 6.10. The molecule has 7 heteroatoms. The summed E-state index contributed by atoms with van der Waals surface area (Å²) in [5.41, 5.74) is 5.75. The first kappa shape index (κ1) is 23.4. The molecule has 7 nitrogen and oxygen atoms in total. The fourth-order valence-electron chi connectivity index (χ4n) is 4.59. The molecule has 186 valence electrons. The summed E-state index contributed by atoms with van der Waals surface area (Å²) in [4.78, 5) is 23.4. The largest absolute Gasteiger partial charge is 0.454 e. The molecule has 4 aromatic carbocycles. The number of anilines is 4. The van der Waals surface area contributed by atoms with Crippen molar-refractivity contribution in [2.45, 2.75) is 6.54 Å². The number of benzene rings is 4. The average molecular weight is 500 g/mol. The summed E-state index contributed by atoms with van der Waals surface area (Å²) in [5.74, 6) is 0.542. The molecule has 0 aliphatic carbocycles. The molecule has 0 radical (unpaired) electrons. The van der Waals surface area contributed by atoms with Crippen LogP contribution in [0.15, 0.2) is 114 Å². The van der Waals surface area contributed by atoms with Crippen LogP contribution in [0, 0.1) is 0 Å². The van der Waals surface area contributed by atoms with Gasteiger partial charge < -0.3 is 15.1 Å². The smallest absolute Gasteiger partial charge is 0.255 e. The molecular formula is C31H25N5O2. The Morgan fingerprint density at radius 1 is 0.868 bits per heavy atom. The van der Waals surface area contributed by atoms with Crippen molar-refractivity contribution >= 4 is 50.7 Å². The van der Waals surface area contributed by atoms with Crippen LogP contribution < -0.4 is 15.5 Å². The molecule has 0 atom stereocenters. The molecule has 0 saturated heterocycles. The Balaban J connectivity index is 1.34. The van der Waals surface area contributed by atoms with E-state index >= 15 is 0 Å². The minimum absolute atomic E-state index is 0.159. The second-order valence-electron chi connectivity index (χ2n) is 8.88. The zero-order valence-electron chi connectivity index (χ0n) is 20.8. The fourth-order valence-corrected chi connectivity index (χ4v) is 4.59. The van der Waals surface area contributed by atoms with Crippen LogP contribution in [0.1, 0.15) is 15.9 Å². The predicted octanol–water partition coefficient (Wildman–Crippen LogP) is 6.82. The number of carbonyl (C=O) groups excluding carboxylic acids is 1. The van der Waals surface area contributed by atoms with Crippen molar-refractivity contribution in [2.75, 3.05) is 17.3 Å². The van der Waals surface area contributed by atoms with Crippen LogP contribution in [0.2, 0.25) is 0 Å². The topological polar surface area (TPSA) is 83.3 Å². The summed E-state index contributed by atoms with van der Waals surface area (Å²) in [6, 6.07) is 31.2. The first-order chi connectivity index (χ1) is 18.7. The molecule has 38 heavy (non-hydrogen) atoms. The third-order valence-corrected chi connectivity index (χ3v) is 6.40. The molecule has 0 saturated carbocycles. The molecule has 0 aliphatic rings. The highest BCUT2D eigenvalue weighted by Crippen LogP contribution is 2.41. The van der Waals surface area contributed by atoms with Crippen LogP contribution in [0.3, 0.4) is 0 Å². The summed E-state index contributed by atoms with van der Waals surface area (Å²) in [7, 11) is 1.90. The van der Waals surface area contributed by atoms with Crippen LogP contribution in [0.25, 0.3) is 21.9 Å². The van der Waals surface area contributed by atoms with Crippen LogP contribution in [-0.4, -0.2) is 22.9 Å². The lowest BCUT2D eigenvalue weighted by atomic mass is 10.1. The number of furan rings is 1. The number of rotatable bonds is 7. The molecule has 6 aromatic rings.